The van der Waals surface area contributed by atoms with Gasteiger partial charge in [0.15, 0.2) is 0 Å². The van der Waals surface area contributed by atoms with Crippen LogP contribution in [0, 0.1) is 0 Å². The number of carbonyl (C=O) groups is 2. The quantitative estimate of drug-likeness (QED) is 0.579. The number of hydrogen-bond donors (Lipinski definition) is 1. The third-order valence-electron chi connectivity index (χ3n) is 5.04. The van der Waals surface area contributed by atoms with Gasteiger partial charge in [0.05, 0.1) is 0 Å². The summed E-state index contributed by atoms with van der Waals surface area (Å²) in [5.41, 5.74) is 4.60. The highest BCUT2D eigenvalue weighted by Gasteiger charge is 2.14. The summed E-state index contributed by atoms with van der Waals surface area (Å²) in [6, 6.07) is 19.0. The van der Waals surface area contributed by atoms with E-state index in [1.165, 1.54) is 5.56 Å². The Morgan fingerprint density at radius 1 is 0.900 bits per heavy atom. The van der Waals surface area contributed by atoms with E-state index in [1.807, 2.05) is 60.7 Å². The molecule has 1 heterocycles. The van der Waals surface area contributed by atoms with Crippen LogP contribution in [-0.2, 0) is 23.1 Å². The van der Waals surface area contributed by atoms with E-state index in [1.54, 1.807) is 12.4 Å². The molecule has 1 N–H and O–H groups in total. The smallest absolute Gasteiger partial charge is 0.255 e. The number of nitrogens with zero attached hydrogens (tertiary/aromatic N) is 1. The standard InChI is InChI=1S/C26H28N2O2/c1-26(2,3)22-11-9-21(10-12-22)25(30)28-23-13-6-19(7-14-23)17-24(29)15-8-20-5-4-16-27-18-20/h4-7,9-14,16,18H,8,15,17H2,1-3H3,(H,28,30). The number of hydrogen-bond acceptors (Lipinski definition) is 3. The molecule has 1 aromatic heterocycles. The Morgan fingerprint density at radius 2 is 1.60 bits per heavy atom. The second kappa shape index (κ2) is 9.49. The number of Topliss-reactive ketones (excluding diaryl/α,β-unsaturated/α-hetero) is 1. The first kappa shape index (κ1) is 21.4. The third kappa shape index (κ3) is 6.11. The summed E-state index contributed by atoms with van der Waals surface area (Å²) < 4.78 is 0. The van der Waals surface area contributed by atoms with Crippen LogP contribution >= 0.6 is 0 Å². The lowest BCUT2D eigenvalue weighted by molar-refractivity contribution is -0.118. The summed E-state index contributed by atoms with van der Waals surface area (Å²) in [5, 5.41) is 2.91. The van der Waals surface area contributed by atoms with Crippen molar-refractivity contribution < 1.29 is 9.59 Å². The summed E-state index contributed by atoms with van der Waals surface area (Å²) in [4.78, 5) is 28.8. The monoisotopic (exact) mass is 400 g/mol. The average molecular weight is 401 g/mol. The van der Waals surface area contributed by atoms with Crippen molar-refractivity contribution in [1.82, 2.24) is 4.98 Å². The Labute approximate surface area is 178 Å². The molecule has 3 aromatic rings. The zero-order chi connectivity index (χ0) is 21.6. The van der Waals surface area contributed by atoms with Crippen LogP contribution in [0.2, 0.25) is 0 Å². The Balaban J connectivity index is 1.52. The average Bonchev–Trinajstić information content (AvgIpc) is 2.74. The molecule has 0 atom stereocenters. The minimum atomic E-state index is -0.143. The number of rotatable bonds is 7. The van der Waals surface area contributed by atoms with Gasteiger partial charge in [0.25, 0.3) is 5.91 Å². The number of aryl methyl sites for hydroxylation is 1. The molecule has 0 unspecified atom stereocenters. The van der Waals surface area contributed by atoms with Crippen LogP contribution in [-0.4, -0.2) is 16.7 Å². The van der Waals surface area contributed by atoms with Crippen molar-refractivity contribution >= 4 is 17.4 Å². The number of benzene rings is 2. The molecule has 2 aromatic carbocycles. The van der Waals surface area contributed by atoms with E-state index in [9.17, 15) is 9.59 Å². The second-order valence-electron chi connectivity index (χ2n) is 8.56. The van der Waals surface area contributed by atoms with E-state index in [2.05, 4.69) is 31.1 Å². The lowest BCUT2D eigenvalue weighted by atomic mass is 9.87. The van der Waals surface area contributed by atoms with Crippen LogP contribution in [0.25, 0.3) is 0 Å². The molecule has 1 amide bonds. The Hall–Kier alpha value is -3.27. The largest absolute Gasteiger partial charge is 0.322 e. The lowest BCUT2D eigenvalue weighted by Crippen LogP contribution is -2.14. The summed E-state index contributed by atoms with van der Waals surface area (Å²) >= 11 is 0. The number of amides is 1. The first-order chi connectivity index (χ1) is 14.3. The predicted molar refractivity (Wildman–Crippen MR) is 121 cm³/mol. The molecule has 30 heavy (non-hydrogen) atoms. The predicted octanol–water partition coefficient (Wildman–Crippen LogP) is 5.38. The molecular weight excluding hydrogens is 372 g/mol. The van der Waals surface area contributed by atoms with Crippen molar-refractivity contribution in [1.29, 1.82) is 0 Å². The normalized spacial score (nSPS) is 11.2. The van der Waals surface area contributed by atoms with Crippen LogP contribution in [0.4, 0.5) is 5.69 Å². The maximum absolute atomic E-state index is 12.5. The molecule has 3 rings (SSSR count). The molecule has 0 fully saturated rings. The highest BCUT2D eigenvalue weighted by molar-refractivity contribution is 6.04. The fourth-order valence-electron chi connectivity index (χ4n) is 3.18. The van der Waals surface area contributed by atoms with Gasteiger partial charge in [0.1, 0.15) is 5.78 Å². The maximum atomic E-state index is 12.5. The minimum absolute atomic E-state index is 0.0558. The van der Waals surface area contributed by atoms with Crippen LogP contribution in [0.15, 0.2) is 73.1 Å². The third-order valence-corrected chi connectivity index (χ3v) is 5.04. The lowest BCUT2D eigenvalue weighted by Gasteiger charge is -2.19. The topological polar surface area (TPSA) is 59.1 Å². The molecule has 0 saturated carbocycles. The van der Waals surface area contributed by atoms with Crippen molar-refractivity contribution in [2.24, 2.45) is 0 Å². The van der Waals surface area contributed by atoms with Crippen LogP contribution in [0.3, 0.4) is 0 Å². The number of aromatic nitrogens is 1. The molecule has 4 heteroatoms. The van der Waals surface area contributed by atoms with E-state index in [4.69, 9.17) is 0 Å². The van der Waals surface area contributed by atoms with E-state index >= 15 is 0 Å². The molecule has 0 spiro atoms. The van der Waals surface area contributed by atoms with Gasteiger partial charge in [0.2, 0.25) is 0 Å². The van der Waals surface area contributed by atoms with Gasteiger partial charge in [-0.15, -0.1) is 0 Å². The van der Waals surface area contributed by atoms with Crippen molar-refractivity contribution in [2.75, 3.05) is 5.32 Å². The van der Waals surface area contributed by atoms with Crippen LogP contribution < -0.4 is 5.32 Å². The first-order valence-corrected chi connectivity index (χ1v) is 10.2. The first-order valence-electron chi connectivity index (χ1n) is 10.2. The highest BCUT2D eigenvalue weighted by Crippen LogP contribution is 2.22. The van der Waals surface area contributed by atoms with Gasteiger partial charge < -0.3 is 5.32 Å². The maximum Gasteiger partial charge on any atom is 0.255 e. The van der Waals surface area contributed by atoms with E-state index in [-0.39, 0.29) is 17.1 Å². The van der Waals surface area contributed by atoms with Crippen LogP contribution in [0.1, 0.15) is 54.2 Å². The highest BCUT2D eigenvalue weighted by atomic mass is 16.1. The molecule has 0 aliphatic heterocycles. The molecule has 154 valence electrons. The zero-order valence-corrected chi connectivity index (χ0v) is 17.8. The Bertz CT molecular complexity index is 986. The summed E-state index contributed by atoms with van der Waals surface area (Å²) in [6.45, 7) is 6.44. The zero-order valence-electron chi connectivity index (χ0n) is 17.8. The molecule has 0 aliphatic rings. The van der Waals surface area contributed by atoms with Crippen molar-refractivity contribution in [3.8, 4) is 0 Å². The van der Waals surface area contributed by atoms with Crippen molar-refractivity contribution in [3.63, 3.8) is 0 Å². The summed E-state index contributed by atoms with van der Waals surface area (Å²) in [6.07, 6.45) is 5.11. The van der Waals surface area contributed by atoms with Gasteiger partial charge in [-0.05, 0) is 58.9 Å². The van der Waals surface area contributed by atoms with Gasteiger partial charge in [-0.25, -0.2) is 0 Å². The van der Waals surface area contributed by atoms with E-state index < -0.39 is 0 Å². The summed E-state index contributed by atoms with van der Waals surface area (Å²) in [7, 11) is 0. The number of nitrogens with one attached hydrogen (secondary N) is 1. The molecular formula is C26H28N2O2. The second-order valence-corrected chi connectivity index (χ2v) is 8.56. The molecule has 0 saturated heterocycles. The van der Waals surface area contributed by atoms with E-state index in [0.717, 1.165) is 11.1 Å². The van der Waals surface area contributed by atoms with Gasteiger partial charge in [-0.2, -0.15) is 0 Å². The van der Waals surface area contributed by atoms with Gasteiger partial charge in [-0.1, -0.05) is 51.1 Å². The SMILES string of the molecule is CC(C)(C)c1ccc(C(=O)Nc2ccc(CC(=O)CCc3cccnc3)cc2)cc1. The van der Waals surface area contributed by atoms with E-state index in [0.29, 0.717) is 30.5 Å². The summed E-state index contributed by atoms with van der Waals surface area (Å²) in [5.74, 6) is 0.0466. The molecule has 4 nitrogen and oxygen atoms in total. The van der Waals surface area contributed by atoms with Crippen LogP contribution in [0.5, 0.6) is 0 Å². The van der Waals surface area contributed by atoms with Crippen molar-refractivity contribution in [3.05, 3.63) is 95.3 Å². The minimum Gasteiger partial charge on any atom is -0.322 e. The van der Waals surface area contributed by atoms with Gasteiger partial charge >= 0.3 is 0 Å². The fraction of sp³-hybridized carbons (Fsp3) is 0.269. The van der Waals surface area contributed by atoms with Gasteiger partial charge in [-0.3, -0.25) is 14.6 Å². The fourth-order valence-corrected chi connectivity index (χ4v) is 3.18. The molecule has 0 bridgehead atoms. The Kier molecular flexibility index (Phi) is 6.78. The number of pyridine rings is 1. The Morgan fingerprint density at radius 3 is 2.20 bits per heavy atom. The van der Waals surface area contributed by atoms with Gasteiger partial charge in [0, 0.05) is 36.5 Å². The molecule has 0 radical (unpaired) electrons. The number of carbonyl (C=O) groups excluding carboxylic acids is 2. The number of anilines is 1. The number of ketones is 1. The molecule has 0 aliphatic carbocycles. The van der Waals surface area contributed by atoms with Crippen molar-refractivity contribution in [2.45, 2.75) is 45.4 Å².